The molecule has 0 aliphatic heterocycles. The molecule has 1 aromatic carbocycles. The molecule has 0 amide bonds. The molecule has 2 rings (SSSR count). The topological polar surface area (TPSA) is 194 Å². The summed E-state index contributed by atoms with van der Waals surface area (Å²) < 4.78 is 68.2. The van der Waals surface area contributed by atoms with Crippen LogP contribution in [0.25, 0.3) is 10.9 Å². The summed E-state index contributed by atoms with van der Waals surface area (Å²) in [7, 11) is -10.3. The molecule has 10 nitrogen and oxygen atoms in total. The van der Waals surface area contributed by atoms with Gasteiger partial charge in [0.2, 0.25) is 0 Å². The van der Waals surface area contributed by atoms with E-state index in [1.807, 2.05) is 18.2 Å². The Labute approximate surface area is 136 Å². The molecule has 22 heavy (non-hydrogen) atoms. The maximum Gasteiger partial charge on any atom is 4.00 e. The second-order valence-electron chi connectivity index (χ2n) is 3.17. The number of pyridine rings is 1. The summed E-state index contributed by atoms with van der Waals surface area (Å²) in [6, 6.07) is 9.13. The van der Waals surface area contributed by atoms with Crippen molar-refractivity contribution in [1.29, 1.82) is 0 Å². The van der Waals surface area contributed by atoms with Crippen LogP contribution in [0.3, 0.4) is 0 Å². The summed E-state index contributed by atoms with van der Waals surface area (Å²) in [6.07, 6.45) is 1.67. The molecule has 0 atom stereocenters. The van der Waals surface area contributed by atoms with Gasteiger partial charge in [0.1, 0.15) is 11.3 Å². The Morgan fingerprint density at radius 1 is 0.864 bits per heavy atom. The molecular weight excluding hydrogens is 394 g/mol. The molecule has 1 N–H and O–H groups in total. The number of phenols is 1. The zero-order chi connectivity index (χ0) is 16.7. The van der Waals surface area contributed by atoms with Crippen LogP contribution in [0.4, 0.5) is 0 Å². The molecule has 1 heterocycles. The molecule has 2 aromatic rings. The number of hydrogen-bond donors (Lipinski definition) is 1. The van der Waals surface area contributed by atoms with Gasteiger partial charge in [-0.3, -0.25) is 21.8 Å². The molecule has 0 saturated carbocycles. The molecule has 0 spiro atoms. The molecule has 125 valence electrons. The van der Waals surface area contributed by atoms with Crippen LogP contribution in [0, 0.1) is 0 Å². The van der Waals surface area contributed by atoms with Crippen LogP contribution >= 0.6 is 0 Å². The second kappa shape index (κ2) is 9.65. The van der Waals surface area contributed by atoms with Crippen LogP contribution in [-0.4, -0.2) is 45.1 Å². The number of fused-ring (bicyclic) bond motifs is 1. The van der Waals surface area contributed by atoms with Crippen LogP contribution < -0.4 is 0 Å². The Kier molecular flexibility index (Phi) is 10.1. The van der Waals surface area contributed by atoms with E-state index in [9.17, 15) is 5.11 Å². The van der Waals surface area contributed by atoms with E-state index in [0.29, 0.717) is 5.52 Å². The zero-order valence-corrected chi connectivity index (χ0v) is 12.8. The van der Waals surface area contributed by atoms with Gasteiger partial charge >= 0.3 is 17.1 Å². The van der Waals surface area contributed by atoms with Gasteiger partial charge in [-0.2, -0.15) is 0 Å². The number of rotatable bonds is 0. The third-order valence-corrected chi connectivity index (χ3v) is 1.61. The van der Waals surface area contributed by atoms with E-state index in [-0.39, 0.29) is 22.8 Å². The van der Waals surface area contributed by atoms with Gasteiger partial charge in [-0.15, -0.1) is 0 Å². The third kappa shape index (κ3) is 15.1. The van der Waals surface area contributed by atoms with Gasteiger partial charge in [-0.25, -0.2) is 0 Å². The van der Waals surface area contributed by atoms with Crippen molar-refractivity contribution >= 4 is 31.7 Å². The standard InChI is InChI=1S/C9H7NO.Cu.2H2O4S/c11-8-5-1-3-7-4-2-6-10-9(7)8;;2*1-5(2,3)4/h1-6,11H;;2*(H2,1,2,3,4)/q;+4;;/p-4. The number of aromatic hydroxyl groups is 1. The van der Waals surface area contributed by atoms with E-state index in [4.69, 9.17) is 35.0 Å². The molecule has 1 aromatic heterocycles. The van der Waals surface area contributed by atoms with Crippen molar-refractivity contribution in [3.05, 3.63) is 36.5 Å². The molecule has 0 unspecified atom stereocenters. The Balaban J connectivity index is 0. The minimum absolute atomic E-state index is 0. The maximum absolute atomic E-state index is 9.31. The van der Waals surface area contributed by atoms with Crippen LogP contribution in [-0.2, 0) is 37.9 Å². The van der Waals surface area contributed by atoms with Crippen LogP contribution in [0.15, 0.2) is 36.5 Å². The largest absolute Gasteiger partial charge is 4.00 e. The van der Waals surface area contributed by atoms with Crippen molar-refractivity contribution in [2.75, 3.05) is 0 Å². The van der Waals surface area contributed by atoms with E-state index in [1.54, 1.807) is 18.3 Å². The average molecular weight is 401 g/mol. The first kappa shape index (κ1) is 23.0. The van der Waals surface area contributed by atoms with Gasteiger partial charge in [0.15, 0.2) is 0 Å². The maximum atomic E-state index is 9.31. The molecule has 0 fully saturated rings. The van der Waals surface area contributed by atoms with E-state index in [2.05, 4.69) is 4.98 Å². The second-order valence-corrected chi connectivity index (χ2v) is 4.80. The smallest absolute Gasteiger partial charge is 0.759 e. The normalized spacial score (nSPS) is 10.4. The minimum Gasteiger partial charge on any atom is -0.759 e. The number of aromatic nitrogens is 1. The summed E-state index contributed by atoms with van der Waals surface area (Å²) in [6.45, 7) is 0. The summed E-state index contributed by atoms with van der Waals surface area (Å²) in [5.41, 5.74) is 0.662. The molecule has 1 radical (unpaired) electrons. The molecule has 13 heteroatoms. The van der Waals surface area contributed by atoms with Crippen LogP contribution in [0.2, 0.25) is 0 Å². The summed E-state index contributed by atoms with van der Waals surface area (Å²) >= 11 is 0. The number of nitrogens with zero attached hydrogens (tertiary/aromatic N) is 1. The third-order valence-electron chi connectivity index (χ3n) is 1.61. The zero-order valence-electron chi connectivity index (χ0n) is 10.2. The van der Waals surface area contributed by atoms with Crippen LogP contribution in [0.1, 0.15) is 0 Å². The Morgan fingerprint density at radius 3 is 1.68 bits per heavy atom. The number of phenolic OH excluding ortho intramolecular Hbond substituents is 1. The first-order chi connectivity index (χ1) is 9.38. The number of para-hydroxylation sites is 1. The first-order valence-corrected chi connectivity index (χ1v) is 7.40. The van der Waals surface area contributed by atoms with Gasteiger partial charge in [0, 0.05) is 32.4 Å². The fourth-order valence-electron chi connectivity index (χ4n) is 1.09. The molecule has 0 saturated heterocycles. The molecule has 0 bridgehead atoms. The minimum atomic E-state index is -5.17. The van der Waals surface area contributed by atoms with Crippen molar-refractivity contribution in [2.45, 2.75) is 0 Å². The van der Waals surface area contributed by atoms with Crippen molar-refractivity contribution in [2.24, 2.45) is 0 Å². The predicted octanol–water partition coefficient (Wildman–Crippen LogP) is -0.738. The van der Waals surface area contributed by atoms with Gasteiger partial charge < -0.3 is 23.3 Å². The monoisotopic (exact) mass is 400 g/mol. The summed E-state index contributed by atoms with van der Waals surface area (Å²) in [5.74, 6) is 0.239. The fraction of sp³-hybridized carbons (Fsp3) is 0. The van der Waals surface area contributed by atoms with Gasteiger partial charge in [0.05, 0.1) is 0 Å². The Hall–Kier alpha value is -1.31. The van der Waals surface area contributed by atoms with Crippen molar-refractivity contribution < 1.29 is 57.2 Å². The summed E-state index contributed by atoms with van der Waals surface area (Å²) in [5, 5.41) is 10.3. The van der Waals surface area contributed by atoms with Crippen molar-refractivity contribution in [1.82, 2.24) is 4.98 Å². The molecular formula is C9H7CuNO9S2. The number of hydrogen-bond acceptors (Lipinski definition) is 10. The van der Waals surface area contributed by atoms with Gasteiger partial charge in [-0.05, 0) is 12.1 Å². The quantitative estimate of drug-likeness (QED) is 0.334. The Bertz CT molecular complexity index is 740. The van der Waals surface area contributed by atoms with E-state index < -0.39 is 20.8 Å². The van der Waals surface area contributed by atoms with E-state index >= 15 is 0 Å². The SMILES string of the molecule is O=S(=O)([O-])[O-].O=S(=O)([O-])[O-].Oc1cccc2cccnc12.[Cu+4]. The molecule has 0 aliphatic rings. The van der Waals surface area contributed by atoms with E-state index in [1.165, 1.54) is 0 Å². The summed E-state index contributed by atoms with van der Waals surface area (Å²) in [4.78, 5) is 4.03. The van der Waals surface area contributed by atoms with Gasteiger partial charge in [-0.1, -0.05) is 18.2 Å². The van der Waals surface area contributed by atoms with Crippen molar-refractivity contribution in [3.8, 4) is 5.75 Å². The van der Waals surface area contributed by atoms with Gasteiger partial charge in [0.25, 0.3) is 0 Å². The molecule has 0 aliphatic carbocycles. The number of benzene rings is 1. The van der Waals surface area contributed by atoms with Crippen LogP contribution in [0.5, 0.6) is 5.75 Å². The Morgan fingerprint density at radius 2 is 1.27 bits per heavy atom. The fourth-order valence-corrected chi connectivity index (χ4v) is 1.09. The predicted molar refractivity (Wildman–Crippen MR) is 64.4 cm³/mol. The first-order valence-electron chi connectivity index (χ1n) is 4.74. The average Bonchev–Trinajstić information content (AvgIpc) is 2.25. The van der Waals surface area contributed by atoms with E-state index in [0.717, 1.165) is 5.39 Å². The van der Waals surface area contributed by atoms with Crippen molar-refractivity contribution in [3.63, 3.8) is 0 Å².